The second-order valence-corrected chi connectivity index (χ2v) is 6.84. The maximum absolute atomic E-state index is 12.9. The van der Waals surface area contributed by atoms with E-state index >= 15 is 0 Å². The summed E-state index contributed by atoms with van der Waals surface area (Å²) in [6.45, 7) is 13.1. The van der Waals surface area contributed by atoms with Gasteiger partial charge in [0.25, 0.3) is 0 Å². The lowest BCUT2D eigenvalue weighted by Crippen LogP contribution is -2.47. The van der Waals surface area contributed by atoms with Crippen LogP contribution < -0.4 is 10.2 Å². The van der Waals surface area contributed by atoms with Crippen LogP contribution in [0.25, 0.3) is 0 Å². The van der Waals surface area contributed by atoms with Crippen molar-refractivity contribution in [2.75, 3.05) is 44.2 Å². The van der Waals surface area contributed by atoms with Crippen molar-refractivity contribution in [3.63, 3.8) is 0 Å². The Morgan fingerprint density at radius 2 is 1.67 bits per heavy atom. The molecule has 3 nitrogen and oxygen atoms in total. The number of halogens is 1. The third-order valence-electron chi connectivity index (χ3n) is 3.87. The molecule has 21 heavy (non-hydrogen) atoms. The first-order valence-corrected chi connectivity index (χ1v) is 7.92. The van der Waals surface area contributed by atoms with Gasteiger partial charge in [0.2, 0.25) is 0 Å². The highest BCUT2D eigenvalue weighted by Crippen LogP contribution is 2.16. The standard InChI is InChI=1S/C17H28FN3/c1-17(2,3)19-9-4-10-20-11-13-21(14-12-20)16-7-5-15(18)6-8-16/h5-8,19H,4,9-14H2,1-3H3. The van der Waals surface area contributed by atoms with Gasteiger partial charge in [-0.05, 0) is 64.5 Å². The summed E-state index contributed by atoms with van der Waals surface area (Å²) in [5.41, 5.74) is 1.34. The average Bonchev–Trinajstić information content (AvgIpc) is 2.44. The van der Waals surface area contributed by atoms with Crippen molar-refractivity contribution in [3.8, 4) is 0 Å². The SMILES string of the molecule is CC(C)(C)NCCCN1CCN(c2ccc(F)cc2)CC1. The van der Waals surface area contributed by atoms with E-state index in [0.29, 0.717) is 0 Å². The van der Waals surface area contributed by atoms with Crippen molar-refractivity contribution in [1.82, 2.24) is 10.2 Å². The summed E-state index contributed by atoms with van der Waals surface area (Å²) in [5.74, 6) is -0.163. The van der Waals surface area contributed by atoms with Crippen LogP contribution in [0, 0.1) is 5.82 Å². The predicted molar refractivity (Wildman–Crippen MR) is 87.4 cm³/mol. The van der Waals surface area contributed by atoms with Crippen LogP contribution in [0.15, 0.2) is 24.3 Å². The Morgan fingerprint density at radius 3 is 2.24 bits per heavy atom. The highest BCUT2D eigenvalue weighted by atomic mass is 19.1. The lowest BCUT2D eigenvalue weighted by Gasteiger charge is -2.36. The van der Waals surface area contributed by atoms with Gasteiger partial charge in [0.15, 0.2) is 0 Å². The number of hydrogen-bond donors (Lipinski definition) is 1. The summed E-state index contributed by atoms with van der Waals surface area (Å²) < 4.78 is 12.9. The molecule has 0 amide bonds. The number of anilines is 1. The third kappa shape index (κ3) is 5.64. The van der Waals surface area contributed by atoms with Gasteiger partial charge in [0.1, 0.15) is 5.82 Å². The Bertz CT molecular complexity index is 417. The Kier molecular flexibility index (Phi) is 5.59. The van der Waals surface area contributed by atoms with Gasteiger partial charge in [-0.3, -0.25) is 4.90 Å². The minimum absolute atomic E-state index is 0.163. The van der Waals surface area contributed by atoms with Crippen LogP contribution in [0.1, 0.15) is 27.2 Å². The van der Waals surface area contributed by atoms with Gasteiger partial charge in [-0.15, -0.1) is 0 Å². The summed E-state index contributed by atoms with van der Waals surface area (Å²) in [6, 6.07) is 6.83. The molecule has 0 spiro atoms. The zero-order valence-corrected chi connectivity index (χ0v) is 13.5. The minimum Gasteiger partial charge on any atom is -0.369 e. The summed E-state index contributed by atoms with van der Waals surface area (Å²) in [6.07, 6.45) is 1.19. The maximum Gasteiger partial charge on any atom is 0.123 e. The largest absolute Gasteiger partial charge is 0.369 e. The molecule has 0 radical (unpaired) electrons. The van der Waals surface area contributed by atoms with Gasteiger partial charge in [-0.1, -0.05) is 0 Å². The predicted octanol–water partition coefficient (Wildman–Crippen LogP) is 2.73. The number of rotatable bonds is 5. The van der Waals surface area contributed by atoms with Crippen LogP contribution in [0.5, 0.6) is 0 Å². The quantitative estimate of drug-likeness (QED) is 0.842. The van der Waals surface area contributed by atoms with E-state index in [0.717, 1.165) is 45.0 Å². The minimum atomic E-state index is -0.163. The first kappa shape index (κ1) is 16.2. The van der Waals surface area contributed by atoms with Crippen molar-refractivity contribution < 1.29 is 4.39 Å². The first-order chi connectivity index (χ1) is 9.94. The molecule has 1 aromatic carbocycles. The fraction of sp³-hybridized carbons (Fsp3) is 0.647. The number of piperazine rings is 1. The molecule has 118 valence electrons. The van der Waals surface area contributed by atoms with Crippen LogP contribution in [-0.2, 0) is 0 Å². The van der Waals surface area contributed by atoms with E-state index in [1.807, 2.05) is 12.1 Å². The van der Waals surface area contributed by atoms with Crippen LogP contribution >= 0.6 is 0 Å². The van der Waals surface area contributed by atoms with E-state index in [9.17, 15) is 4.39 Å². The zero-order valence-electron chi connectivity index (χ0n) is 13.5. The molecule has 1 aliphatic heterocycles. The molecule has 1 aliphatic rings. The van der Waals surface area contributed by atoms with Gasteiger partial charge in [0.05, 0.1) is 0 Å². The topological polar surface area (TPSA) is 18.5 Å². The van der Waals surface area contributed by atoms with Gasteiger partial charge in [-0.25, -0.2) is 4.39 Å². The summed E-state index contributed by atoms with van der Waals surface area (Å²) in [5, 5.41) is 3.53. The Morgan fingerprint density at radius 1 is 1.05 bits per heavy atom. The Hall–Kier alpha value is -1.13. The molecule has 0 atom stereocenters. The second-order valence-electron chi connectivity index (χ2n) is 6.84. The molecular formula is C17H28FN3. The van der Waals surface area contributed by atoms with Crippen LogP contribution in [-0.4, -0.2) is 49.7 Å². The fourth-order valence-corrected chi connectivity index (χ4v) is 2.65. The Labute approximate surface area is 128 Å². The van der Waals surface area contributed by atoms with Crippen molar-refractivity contribution in [1.29, 1.82) is 0 Å². The van der Waals surface area contributed by atoms with Crippen molar-refractivity contribution in [3.05, 3.63) is 30.1 Å². The second kappa shape index (κ2) is 7.23. The van der Waals surface area contributed by atoms with Crippen LogP contribution in [0.3, 0.4) is 0 Å². The number of benzene rings is 1. The third-order valence-corrected chi connectivity index (χ3v) is 3.87. The first-order valence-electron chi connectivity index (χ1n) is 7.92. The summed E-state index contributed by atoms with van der Waals surface area (Å²) in [4.78, 5) is 4.85. The van der Waals surface area contributed by atoms with Crippen LogP contribution in [0.2, 0.25) is 0 Å². The molecule has 0 aromatic heterocycles. The molecule has 1 heterocycles. The Balaban J connectivity index is 1.67. The lowest BCUT2D eigenvalue weighted by atomic mass is 10.1. The van der Waals surface area contributed by atoms with Gasteiger partial charge >= 0.3 is 0 Å². The molecule has 1 saturated heterocycles. The molecular weight excluding hydrogens is 265 g/mol. The van der Waals surface area contributed by atoms with Gasteiger partial charge in [0, 0.05) is 37.4 Å². The molecule has 4 heteroatoms. The summed E-state index contributed by atoms with van der Waals surface area (Å²) in [7, 11) is 0. The maximum atomic E-state index is 12.9. The highest BCUT2D eigenvalue weighted by Gasteiger charge is 2.17. The van der Waals surface area contributed by atoms with E-state index in [2.05, 4.69) is 35.9 Å². The number of hydrogen-bond acceptors (Lipinski definition) is 3. The highest BCUT2D eigenvalue weighted by molar-refractivity contribution is 5.46. The van der Waals surface area contributed by atoms with Crippen molar-refractivity contribution in [2.45, 2.75) is 32.7 Å². The van der Waals surface area contributed by atoms with Crippen molar-refractivity contribution in [2.24, 2.45) is 0 Å². The van der Waals surface area contributed by atoms with Crippen LogP contribution in [0.4, 0.5) is 10.1 Å². The van der Waals surface area contributed by atoms with E-state index < -0.39 is 0 Å². The van der Waals surface area contributed by atoms with E-state index in [-0.39, 0.29) is 11.4 Å². The molecule has 0 unspecified atom stereocenters. The fourth-order valence-electron chi connectivity index (χ4n) is 2.65. The molecule has 0 aliphatic carbocycles. The normalized spacial score (nSPS) is 17.2. The van der Waals surface area contributed by atoms with Gasteiger partial charge < -0.3 is 10.2 Å². The lowest BCUT2D eigenvalue weighted by molar-refractivity contribution is 0.250. The number of nitrogens with one attached hydrogen (secondary N) is 1. The van der Waals surface area contributed by atoms with E-state index in [1.165, 1.54) is 6.42 Å². The molecule has 1 N–H and O–H groups in total. The number of nitrogens with zero attached hydrogens (tertiary/aromatic N) is 2. The summed E-state index contributed by atoms with van der Waals surface area (Å²) >= 11 is 0. The van der Waals surface area contributed by atoms with E-state index in [1.54, 1.807) is 12.1 Å². The zero-order chi connectivity index (χ0) is 15.3. The molecule has 0 bridgehead atoms. The monoisotopic (exact) mass is 293 g/mol. The van der Waals surface area contributed by atoms with Crippen molar-refractivity contribution >= 4 is 5.69 Å². The molecule has 0 saturated carbocycles. The van der Waals surface area contributed by atoms with E-state index in [4.69, 9.17) is 0 Å². The average molecular weight is 293 g/mol. The molecule has 1 fully saturated rings. The molecule has 1 aromatic rings. The van der Waals surface area contributed by atoms with Gasteiger partial charge in [-0.2, -0.15) is 0 Å². The smallest absolute Gasteiger partial charge is 0.123 e. The molecule has 2 rings (SSSR count).